The van der Waals surface area contributed by atoms with Gasteiger partial charge < -0.3 is 10.1 Å². The van der Waals surface area contributed by atoms with Crippen molar-refractivity contribution in [2.45, 2.75) is 65.0 Å². The Bertz CT molecular complexity index is 208. The summed E-state index contributed by atoms with van der Waals surface area (Å²) in [7, 11) is 0. The van der Waals surface area contributed by atoms with E-state index >= 15 is 0 Å². The van der Waals surface area contributed by atoms with E-state index in [2.05, 4.69) is 19.2 Å². The van der Waals surface area contributed by atoms with Crippen molar-refractivity contribution >= 4 is 5.97 Å². The second-order valence-corrected chi connectivity index (χ2v) is 5.05. The number of rotatable bonds is 5. The van der Waals surface area contributed by atoms with Crippen molar-refractivity contribution in [1.82, 2.24) is 5.32 Å². The van der Waals surface area contributed by atoms with E-state index in [-0.39, 0.29) is 5.97 Å². The minimum absolute atomic E-state index is 0.0252. The summed E-state index contributed by atoms with van der Waals surface area (Å²) in [5.41, 5.74) is 0. The predicted octanol–water partition coefficient (Wildman–Crippen LogP) is 2.50. The Kier molecular flexibility index (Phi) is 5.81. The summed E-state index contributed by atoms with van der Waals surface area (Å²) < 4.78 is 4.98. The molecule has 0 aromatic carbocycles. The Morgan fingerprint density at radius 3 is 2.44 bits per heavy atom. The third-order valence-corrected chi connectivity index (χ3v) is 3.18. The molecule has 0 radical (unpaired) electrons. The molecular weight excluding hydrogens is 202 g/mol. The molecule has 0 saturated heterocycles. The van der Waals surface area contributed by atoms with Crippen LogP contribution in [0, 0.1) is 5.92 Å². The average molecular weight is 227 g/mol. The molecule has 0 aromatic rings. The maximum absolute atomic E-state index is 11.3. The van der Waals surface area contributed by atoms with Crippen LogP contribution in [0.5, 0.6) is 0 Å². The summed E-state index contributed by atoms with van der Waals surface area (Å²) in [6.45, 7) is 6.74. The monoisotopic (exact) mass is 227 g/mol. The highest BCUT2D eigenvalue weighted by Crippen LogP contribution is 2.27. The molecule has 1 aliphatic rings. The van der Waals surface area contributed by atoms with Crippen LogP contribution in [-0.2, 0) is 9.53 Å². The summed E-state index contributed by atoms with van der Waals surface area (Å²) in [5, 5.41) is 3.56. The smallest absolute Gasteiger partial charge is 0.306 e. The van der Waals surface area contributed by atoms with Crippen LogP contribution in [0.1, 0.15) is 52.9 Å². The Morgan fingerprint density at radius 2 is 1.94 bits per heavy atom. The topological polar surface area (TPSA) is 38.3 Å². The van der Waals surface area contributed by atoms with Gasteiger partial charge in [0.2, 0.25) is 0 Å². The van der Waals surface area contributed by atoms with Crippen molar-refractivity contribution in [3.05, 3.63) is 0 Å². The van der Waals surface area contributed by atoms with E-state index in [9.17, 15) is 4.79 Å². The molecular formula is C13H25NO2. The highest BCUT2D eigenvalue weighted by molar-refractivity contribution is 5.69. The molecule has 1 N–H and O–H groups in total. The van der Waals surface area contributed by atoms with Gasteiger partial charge in [-0.05, 0) is 38.5 Å². The highest BCUT2D eigenvalue weighted by atomic mass is 16.5. The van der Waals surface area contributed by atoms with Crippen LogP contribution < -0.4 is 5.32 Å². The number of esters is 1. The first-order chi connectivity index (χ1) is 7.61. The van der Waals surface area contributed by atoms with Crippen molar-refractivity contribution in [2.75, 3.05) is 6.61 Å². The summed E-state index contributed by atoms with van der Waals surface area (Å²) in [5.74, 6) is 0.520. The molecule has 1 fully saturated rings. The highest BCUT2D eigenvalue weighted by Gasteiger charge is 2.23. The van der Waals surface area contributed by atoms with Gasteiger partial charge in [0.25, 0.3) is 0 Å². The van der Waals surface area contributed by atoms with Crippen LogP contribution in [-0.4, -0.2) is 24.7 Å². The molecule has 1 saturated carbocycles. The SMILES string of the molecule is CCOC(=O)CC1CCC(NC(C)C)CC1. The van der Waals surface area contributed by atoms with E-state index in [1.54, 1.807) is 0 Å². The lowest BCUT2D eigenvalue weighted by atomic mass is 9.84. The summed E-state index contributed by atoms with van der Waals surface area (Å²) in [6.07, 6.45) is 5.32. The fourth-order valence-corrected chi connectivity index (χ4v) is 2.46. The van der Waals surface area contributed by atoms with Crippen LogP contribution in [0.2, 0.25) is 0 Å². The molecule has 0 spiro atoms. The molecule has 3 nitrogen and oxygen atoms in total. The second-order valence-electron chi connectivity index (χ2n) is 5.05. The van der Waals surface area contributed by atoms with Crippen molar-refractivity contribution in [2.24, 2.45) is 5.92 Å². The summed E-state index contributed by atoms with van der Waals surface area (Å²) in [4.78, 5) is 11.3. The van der Waals surface area contributed by atoms with Gasteiger partial charge in [-0.15, -0.1) is 0 Å². The van der Waals surface area contributed by atoms with Crippen LogP contribution >= 0.6 is 0 Å². The van der Waals surface area contributed by atoms with Gasteiger partial charge in [0.05, 0.1) is 6.61 Å². The third kappa shape index (κ3) is 4.97. The van der Waals surface area contributed by atoms with E-state index in [1.807, 2.05) is 6.92 Å². The summed E-state index contributed by atoms with van der Waals surface area (Å²) >= 11 is 0. The van der Waals surface area contributed by atoms with Gasteiger partial charge >= 0.3 is 5.97 Å². The number of hydrogen-bond acceptors (Lipinski definition) is 3. The predicted molar refractivity (Wildman–Crippen MR) is 65.3 cm³/mol. The van der Waals surface area contributed by atoms with Gasteiger partial charge in [-0.25, -0.2) is 0 Å². The third-order valence-electron chi connectivity index (χ3n) is 3.18. The van der Waals surface area contributed by atoms with E-state index in [1.165, 1.54) is 12.8 Å². The molecule has 0 aliphatic heterocycles. The Labute approximate surface area is 98.9 Å². The van der Waals surface area contributed by atoms with Crippen molar-refractivity contribution in [3.8, 4) is 0 Å². The first-order valence-corrected chi connectivity index (χ1v) is 6.53. The molecule has 16 heavy (non-hydrogen) atoms. The molecule has 0 unspecified atom stereocenters. The standard InChI is InChI=1S/C13H25NO2/c1-4-16-13(15)9-11-5-7-12(8-6-11)14-10(2)3/h10-12,14H,4-9H2,1-3H3. The molecule has 0 atom stereocenters. The molecule has 0 amide bonds. The Hall–Kier alpha value is -0.570. The van der Waals surface area contributed by atoms with Crippen LogP contribution in [0.15, 0.2) is 0 Å². The van der Waals surface area contributed by atoms with Gasteiger partial charge in [0.1, 0.15) is 0 Å². The zero-order chi connectivity index (χ0) is 12.0. The number of nitrogens with one attached hydrogen (secondary N) is 1. The van der Waals surface area contributed by atoms with Crippen LogP contribution in [0.25, 0.3) is 0 Å². The molecule has 1 rings (SSSR count). The Balaban J connectivity index is 2.19. The number of carbonyl (C=O) groups is 1. The molecule has 3 heteroatoms. The minimum Gasteiger partial charge on any atom is -0.466 e. The Morgan fingerprint density at radius 1 is 1.31 bits per heavy atom. The van der Waals surface area contributed by atoms with E-state index in [0.717, 1.165) is 12.8 Å². The fourth-order valence-electron chi connectivity index (χ4n) is 2.46. The number of hydrogen-bond donors (Lipinski definition) is 1. The molecule has 0 heterocycles. The zero-order valence-corrected chi connectivity index (χ0v) is 10.8. The minimum atomic E-state index is -0.0252. The quantitative estimate of drug-likeness (QED) is 0.733. The number of carbonyl (C=O) groups excluding carboxylic acids is 1. The number of ether oxygens (including phenoxy) is 1. The molecule has 0 bridgehead atoms. The lowest BCUT2D eigenvalue weighted by molar-refractivity contribution is -0.144. The maximum Gasteiger partial charge on any atom is 0.306 e. The summed E-state index contributed by atoms with van der Waals surface area (Å²) in [6, 6.07) is 1.21. The van der Waals surface area contributed by atoms with Gasteiger partial charge in [-0.2, -0.15) is 0 Å². The molecule has 94 valence electrons. The van der Waals surface area contributed by atoms with Crippen LogP contribution in [0.3, 0.4) is 0 Å². The first-order valence-electron chi connectivity index (χ1n) is 6.53. The van der Waals surface area contributed by atoms with Gasteiger partial charge in [-0.1, -0.05) is 13.8 Å². The van der Waals surface area contributed by atoms with Gasteiger partial charge in [-0.3, -0.25) is 4.79 Å². The lowest BCUT2D eigenvalue weighted by Gasteiger charge is -2.30. The first kappa shape index (κ1) is 13.5. The van der Waals surface area contributed by atoms with E-state index < -0.39 is 0 Å². The van der Waals surface area contributed by atoms with Gasteiger partial charge in [0.15, 0.2) is 0 Å². The van der Waals surface area contributed by atoms with Crippen LogP contribution in [0.4, 0.5) is 0 Å². The largest absolute Gasteiger partial charge is 0.466 e. The van der Waals surface area contributed by atoms with E-state index in [0.29, 0.717) is 31.0 Å². The lowest BCUT2D eigenvalue weighted by Crippen LogP contribution is -2.37. The second kappa shape index (κ2) is 6.89. The maximum atomic E-state index is 11.3. The normalized spacial score (nSPS) is 25.8. The zero-order valence-electron chi connectivity index (χ0n) is 10.8. The molecule has 0 aromatic heterocycles. The fraction of sp³-hybridized carbons (Fsp3) is 0.923. The average Bonchev–Trinajstić information content (AvgIpc) is 2.20. The van der Waals surface area contributed by atoms with Crippen molar-refractivity contribution in [1.29, 1.82) is 0 Å². The van der Waals surface area contributed by atoms with Crippen molar-refractivity contribution in [3.63, 3.8) is 0 Å². The van der Waals surface area contributed by atoms with E-state index in [4.69, 9.17) is 4.74 Å². The molecule has 1 aliphatic carbocycles. The van der Waals surface area contributed by atoms with Gasteiger partial charge in [0, 0.05) is 18.5 Å². The van der Waals surface area contributed by atoms with Crippen molar-refractivity contribution < 1.29 is 9.53 Å².